The third-order valence-corrected chi connectivity index (χ3v) is 4.08. The van der Waals surface area contributed by atoms with Crippen molar-refractivity contribution in [3.8, 4) is 0 Å². The first-order valence-corrected chi connectivity index (χ1v) is 8.57. The van der Waals surface area contributed by atoms with E-state index in [-0.39, 0.29) is 0 Å². The molecule has 134 valence electrons. The number of carbonyl (C=O) groups excluding carboxylic acids is 1. The third kappa shape index (κ3) is 4.11. The molecule has 1 N–H and O–H groups in total. The number of ether oxygens (including phenoxy) is 1. The van der Waals surface area contributed by atoms with Gasteiger partial charge in [0.1, 0.15) is 23.0 Å². The summed E-state index contributed by atoms with van der Waals surface area (Å²) < 4.78 is 5.25. The van der Waals surface area contributed by atoms with Crippen molar-refractivity contribution in [2.45, 2.75) is 32.2 Å². The lowest BCUT2D eigenvalue weighted by molar-refractivity contribution is 0.111. The van der Waals surface area contributed by atoms with Crippen molar-refractivity contribution in [3.05, 3.63) is 58.1 Å². The highest BCUT2D eigenvalue weighted by Crippen LogP contribution is 2.39. The largest absolute Gasteiger partial charge is 0.501 e. The summed E-state index contributed by atoms with van der Waals surface area (Å²) in [6, 6.07) is 7.08. The Morgan fingerprint density at radius 3 is 2.81 bits per heavy atom. The van der Waals surface area contributed by atoms with Crippen molar-refractivity contribution in [2.24, 2.45) is 5.18 Å². The fourth-order valence-electron chi connectivity index (χ4n) is 2.56. The van der Waals surface area contributed by atoms with E-state index in [0.29, 0.717) is 47.7 Å². The number of anilines is 1. The maximum atomic E-state index is 11.5. The SMILES string of the molecule is CCO/C=C\c1c(C=O)nc(C2CC2)nc1NCc1ccccc1N=O. The van der Waals surface area contributed by atoms with Gasteiger partial charge < -0.3 is 10.1 Å². The second kappa shape index (κ2) is 8.33. The highest BCUT2D eigenvalue weighted by atomic mass is 16.5. The second-order valence-corrected chi connectivity index (χ2v) is 5.95. The van der Waals surface area contributed by atoms with Crippen LogP contribution in [0.3, 0.4) is 0 Å². The monoisotopic (exact) mass is 352 g/mol. The smallest absolute Gasteiger partial charge is 0.169 e. The Hall–Kier alpha value is -3.09. The zero-order valence-corrected chi connectivity index (χ0v) is 14.5. The lowest BCUT2D eigenvalue weighted by atomic mass is 10.1. The van der Waals surface area contributed by atoms with Crippen LogP contribution in [0.4, 0.5) is 11.5 Å². The Balaban J connectivity index is 1.93. The molecule has 0 radical (unpaired) electrons. The van der Waals surface area contributed by atoms with E-state index < -0.39 is 0 Å². The van der Waals surface area contributed by atoms with Crippen LogP contribution in [0.25, 0.3) is 6.08 Å². The quantitative estimate of drug-likeness (QED) is 0.413. The van der Waals surface area contributed by atoms with E-state index in [9.17, 15) is 9.70 Å². The normalized spacial score (nSPS) is 13.6. The van der Waals surface area contributed by atoms with Gasteiger partial charge >= 0.3 is 0 Å². The standard InChI is InChI=1S/C19H20N4O3/c1-2-26-10-9-15-17(12-24)21-18(13-7-8-13)22-19(15)20-11-14-5-3-4-6-16(14)23-25/h3-6,9-10,12-13H,2,7-8,11H2,1H3,(H,20,21,22)/b10-9-. The molecule has 0 saturated heterocycles. The van der Waals surface area contributed by atoms with Crippen molar-refractivity contribution in [1.82, 2.24) is 9.97 Å². The molecular weight excluding hydrogens is 332 g/mol. The zero-order chi connectivity index (χ0) is 18.4. The third-order valence-electron chi connectivity index (χ3n) is 4.08. The van der Waals surface area contributed by atoms with Crippen LogP contribution in [0.1, 0.15) is 53.1 Å². The maximum Gasteiger partial charge on any atom is 0.169 e. The molecule has 1 aliphatic carbocycles. The Kier molecular flexibility index (Phi) is 5.68. The number of aromatic nitrogens is 2. The number of nitrogens with one attached hydrogen (secondary N) is 1. The summed E-state index contributed by atoms with van der Waals surface area (Å²) in [7, 11) is 0. The average molecular weight is 352 g/mol. The predicted octanol–water partition coefficient (Wildman–Crippen LogP) is 4.18. The van der Waals surface area contributed by atoms with E-state index in [1.54, 1.807) is 18.2 Å². The van der Waals surface area contributed by atoms with Crippen molar-refractivity contribution in [3.63, 3.8) is 0 Å². The number of nitroso groups, excluding NO2 is 1. The van der Waals surface area contributed by atoms with Crippen LogP contribution in [0.15, 0.2) is 35.7 Å². The molecule has 1 aromatic heterocycles. The molecule has 0 aliphatic heterocycles. The number of rotatable bonds is 9. The summed E-state index contributed by atoms with van der Waals surface area (Å²) in [5.74, 6) is 1.52. The highest BCUT2D eigenvalue weighted by Gasteiger charge is 2.28. The topological polar surface area (TPSA) is 93.5 Å². The molecule has 7 heteroatoms. The Morgan fingerprint density at radius 2 is 2.12 bits per heavy atom. The van der Waals surface area contributed by atoms with Crippen molar-refractivity contribution >= 4 is 23.9 Å². The van der Waals surface area contributed by atoms with Crippen molar-refractivity contribution in [1.29, 1.82) is 0 Å². The number of nitrogens with zero attached hydrogens (tertiary/aromatic N) is 3. The minimum absolute atomic E-state index is 0.308. The van der Waals surface area contributed by atoms with Crippen LogP contribution < -0.4 is 5.32 Å². The van der Waals surface area contributed by atoms with E-state index in [4.69, 9.17) is 4.74 Å². The van der Waals surface area contributed by atoms with Gasteiger partial charge in [-0.3, -0.25) is 4.79 Å². The molecule has 0 spiro atoms. The Morgan fingerprint density at radius 1 is 1.31 bits per heavy atom. The van der Waals surface area contributed by atoms with Crippen LogP contribution >= 0.6 is 0 Å². The molecule has 1 aromatic carbocycles. The van der Waals surface area contributed by atoms with Crippen LogP contribution in [-0.2, 0) is 11.3 Å². The molecular formula is C19H20N4O3. The van der Waals surface area contributed by atoms with Gasteiger partial charge in [0.05, 0.1) is 12.9 Å². The molecule has 7 nitrogen and oxygen atoms in total. The molecule has 0 atom stereocenters. The van der Waals surface area contributed by atoms with Gasteiger partial charge in [0, 0.05) is 23.6 Å². The zero-order valence-electron chi connectivity index (χ0n) is 14.5. The average Bonchev–Trinajstić information content (AvgIpc) is 3.52. The summed E-state index contributed by atoms with van der Waals surface area (Å²) in [6.07, 6.45) is 5.99. The van der Waals surface area contributed by atoms with E-state index in [2.05, 4.69) is 20.5 Å². The highest BCUT2D eigenvalue weighted by molar-refractivity contribution is 5.83. The van der Waals surface area contributed by atoms with Gasteiger partial charge in [-0.05, 0) is 37.1 Å². The number of hydrogen-bond donors (Lipinski definition) is 1. The molecule has 1 fully saturated rings. The number of aldehydes is 1. The summed E-state index contributed by atoms with van der Waals surface area (Å²) in [6.45, 7) is 2.76. The summed E-state index contributed by atoms with van der Waals surface area (Å²) in [5, 5.41) is 6.26. The van der Waals surface area contributed by atoms with Gasteiger partial charge in [-0.15, -0.1) is 4.91 Å². The Bertz CT molecular complexity index is 832. The van der Waals surface area contributed by atoms with Gasteiger partial charge in [0.25, 0.3) is 0 Å². The van der Waals surface area contributed by atoms with E-state index in [1.807, 2.05) is 19.1 Å². The molecule has 0 amide bonds. The molecule has 0 unspecified atom stereocenters. The summed E-state index contributed by atoms with van der Waals surface area (Å²) in [4.78, 5) is 31.5. The first kappa shape index (κ1) is 17.7. The van der Waals surface area contributed by atoms with Crippen LogP contribution in [-0.4, -0.2) is 22.9 Å². The molecule has 0 bridgehead atoms. The van der Waals surface area contributed by atoms with Crippen LogP contribution in [0.2, 0.25) is 0 Å². The lowest BCUT2D eigenvalue weighted by Gasteiger charge is -2.13. The van der Waals surface area contributed by atoms with E-state index in [1.165, 1.54) is 6.26 Å². The maximum absolute atomic E-state index is 11.5. The Labute approximate surface area is 151 Å². The number of hydrogen-bond acceptors (Lipinski definition) is 7. The first-order valence-electron chi connectivity index (χ1n) is 8.57. The van der Waals surface area contributed by atoms with Crippen LogP contribution in [0.5, 0.6) is 0 Å². The molecule has 26 heavy (non-hydrogen) atoms. The molecule has 3 rings (SSSR count). The molecule has 2 aromatic rings. The van der Waals surface area contributed by atoms with Crippen molar-refractivity contribution in [2.75, 3.05) is 11.9 Å². The summed E-state index contributed by atoms with van der Waals surface area (Å²) >= 11 is 0. The second-order valence-electron chi connectivity index (χ2n) is 5.95. The minimum atomic E-state index is 0.308. The van der Waals surface area contributed by atoms with Gasteiger partial charge in [0.15, 0.2) is 6.29 Å². The van der Waals surface area contributed by atoms with Gasteiger partial charge in [-0.2, -0.15) is 0 Å². The van der Waals surface area contributed by atoms with Gasteiger partial charge in [0.2, 0.25) is 0 Å². The molecule has 1 heterocycles. The van der Waals surface area contributed by atoms with E-state index in [0.717, 1.165) is 24.7 Å². The van der Waals surface area contributed by atoms with Gasteiger partial charge in [-0.25, -0.2) is 9.97 Å². The van der Waals surface area contributed by atoms with E-state index >= 15 is 0 Å². The number of carbonyl (C=O) groups is 1. The number of benzene rings is 1. The summed E-state index contributed by atoms with van der Waals surface area (Å²) in [5.41, 5.74) is 2.01. The minimum Gasteiger partial charge on any atom is -0.501 e. The lowest BCUT2D eigenvalue weighted by Crippen LogP contribution is -2.09. The fourth-order valence-corrected chi connectivity index (χ4v) is 2.56. The molecule has 1 saturated carbocycles. The molecule has 1 aliphatic rings. The fraction of sp³-hybridized carbons (Fsp3) is 0.316. The van der Waals surface area contributed by atoms with Gasteiger partial charge in [-0.1, -0.05) is 18.2 Å². The predicted molar refractivity (Wildman–Crippen MR) is 99.3 cm³/mol. The first-order chi connectivity index (χ1) is 12.8. The van der Waals surface area contributed by atoms with Crippen LogP contribution in [0, 0.1) is 4.91 Å². The van der Waals surface area contributed by atoms with Crippen molar-refractivity contribution < 1.29 is 9.53 Å².